The molecule has 0 atom stereocenters. The lowest BCUT2D eigenvalue weighted by Crippen LogP contribution is -2.23. The molecular weight excluding hydrogens is 300 g/mol. The van der Waals surface area contributed by atoms with Gasteiger partial charge in [0.15, 0.2) is 0 Å². The molecule has 0 aliphatic rings. The van der Waals surface area contributed by atoms with Crippen LogP contribution in [0.3, 0.4) is 0 Å². The molecular formula is C14H14N6OS. The number of hydrogen-bond donors (Lipinski definition) is 1. The minimum Gasteiger partial charge on any atom is -0.347 e. The zero-order chi connectivity index (χ0) is 15.5. The van der Waals surface area contributed by atoms with Crippen LogP contribution in [-0.2, 0) is 13.6 Å². The van der Waals surface area contributed by atoms with Crippen molar-refractivity contribution in [3.63, 3.8) is 0 Å². The summed E-state index contributed by atoms with van der Waals surface area (Å²) in [5, 5.41) is 10.9. The van der Waals surface area contributed by atoms with Gasteiger partial charge < -0.3 is 5.32 Å². The van der Waals surface area contributed by atoms with E-state index in [9.17, 15) is 4.79 Å². The lowest BCUT2D eigenvalue weighted by atomic mass is 10.1. The average Bonchev–Trinajstić information content (AvgIpc) is 3.13. The highest BCUT2D eigenvalue weighted by Crippen LogP contribution is 2.20. The standard InChI is InChI=1S/C14H14N6OS/c1-9-13(22-19-18-9)14(21)16-6-10-4-3-5-15-12(10)11-7-17-20(2)8-11/h3-5,7-8H,6H2,1-2H3,(H,16,21). The first-order valence-corrected chi connectivity index (χ1v) is 7.42. The Kier molecular flexibility index (Phi) is 3.92. The monoisotopic (exact) mass is 314 g/mol. The van der Waals surface area contributed by atoms with Crippen molar-refractivity contribution >= 4 is 17.4 Å². The van der Waals surface area contributed by atoms with Gasteiger partial charge in [-0.1, -0.05) is 10.6 Å². The van der Waals surface area contributed by atoms with Gasteiger partial charge in [0.2, 0.25) is 0 Å². The number of carbonyl (C=O) groups is 1. The van der Waals surface area contributed by atoms with E-state index in [1.807, 2.05) is 25.4 Å². The third-order valence-electron chi connectivity index (χ3n) is 3.17. The smallest absolute Gasteiger partial charge is 0.265 e. The topological polar surface area (TPSA) is 85.6 Å². The second kappa shape index (κ2) is 6.02. The Morgan fingerprint density at radius 1 is 1.45 bits per heavy atom. The Balaban J connectivity index is 1.79. The number of nitrogens with one attached hydrogen (secondary N) is 1. The van der Waals surface area contributed by atoms with Gasteiger partial charge in [-0.05, 0) is 30.1 Å². The molecule has 0 unspecified atom stereocenters. The van der Waals surface area contributed by atoms with Crippen molar-refractivity contribution in [2.24, 2.45) is 7.05 Å². The number of aryl methyl sites for hydroxylation is 2. The summed E-state index contributed by atoms with van der Waals surface area (Å²) in [6.07, 6.45) is 5.38. The molecule has 0 aliphatic heterocycles. The van der Waals surface area contributed by atoms with Crippen molar-refractivity contribution < 1.29 is 4.79 Å². The van der Waals surface area contributed by atoms with Crippen molar-refractivity contribution in [2.45, 2.75) is 13.5 Å². The fraction of sp³-hybridized carbons (Fsp3) is 0.214. The summed E-state index contributed by atoms with van der Waals surface area (Å²) in [4.78, 5) is 17.1. The normalized spacial score (nSPS) is 10.6. The second-order valence-electron chi connectivity index (χ2n) is 4.78. The van der Waals surface area contributed by atoms with Crippen LogP contribution in [0.5, 0.6) is 0 Å². The highest BCUT2D eigenvalue weighted by molar-refractivity contribution is 7.07. The van der Waals surface area contributed by atoms with E-state index in [4.69, 9.17) is 0 Å². The van der Waals surface area contributed by atoms with Gasteiger partial charge in [0, 0.05) is 31.5 Å². The summed E-state index contributed by atoms with van der Waals surface area (Å²) in [6, 6.07) is 3.79. The molecule has 0 saturated carbocycles. The van der Waals surface area contributed by atoms with Gasteiger partial charge in [0.05, 0.1) is 17.6 Å². The molecule has 0 saturated heterocycles. The Hall–Kier alpha value is -2.61. The predicted molar refractivity (Wildman–Crippen MR) is 82.3 cm³/mol. The summed E-state index contributed by atoms with van der Waals surface area (Å²) in [6.45, 7) is 2.15. The van der Waals surface area contributed by atoms with E-state index in [0.717, 1.165) is 28.4 Å². The molecule has 3 rings (SSSR count). The van der Waals surface area contributed by atoms with Crippen LogP contribution in [0.1, 0.15) is 20.9 Å². The van der Waals surface area contributed by atoms with Gasteiger partial charge >= 0.3 is 0 Å². The molecule has 22 heavy (non-hydrogen) atoms. The fourth-order valence-corrected chi connectivity index (χ4v) is 2.65. The fourth-order valence-electron chi connectivity index (χ4n) is 2.08. The Morgan fingerprint density at radius 2 is 2.32 bits per heavy atom. The average molecular weight is 314 g/mol. The van der Waals surface area contributed by atoms with E-state index < -0.39 is 0 Å². The van der Waals surface area contributed by atoms with Crippen molar-refractivity contribution in [1.82, 2.24) is 29.7 Å². The molecule has 7 nitrogen and oxygen atoms in total. The lowest BCUT2D eigenvalue weighted by molar-refractivity contribution is 0.0954. The van der Waals surface area contributed by atoms with Crippen LogP contribution >= 0.6 is 11.5 Å². The summed E-state index contributed by atoms with van der Waals surface area (Å²) >= 11 is 1.09. The zero-order valence-corrected chi connectivity index (χ0v) is 13.0. The molecule has 3 aromatic heterocycles. The molecule has 0 spiro atoms. The van der Waals surface area contributed by atoms with Crippen LogP contribution < -0.4 is 5.32 Å². The number of pyridine rings is 1. The van der Waals surface area contributed by atoms with Crippen molar-refractivity contribution in [2.75, 3.05) is 0 Å². The van der Waals surface area contributed by atoms with Gasteiger partial charge in [-0.25, -0.2) is 0 Å². The zero-order valence-electron chi connectivity index (χ0n) is 12.1. The summed E-state index contributed by atoms with van der Waals surface area (Å²) < 4.78 is 5.49. The van der Waals surface area contributed by atoms with Gasteiger partial charge in [0.1, 0.15) is 4.88 Å². The second-order valence-corrected chi connectivity index (χ2v) is 5.54. The summed E-state index contributed by atoms with van der Waals surface area (Å²) in [7, 11) is 1.85. The molecule has 1 N–H and O–H groups in total. The van der Waals surface area contributed by atoms with Crippen LogP contribution in [0.2, 0.25) is 0 Å². The van der Waals surface area contributed by atoms with Crippen LogP contribution in [0.4, 0.5) is 0 Å². The Morgan fingerprint density at radius 3 is 3.00 bits per heavy atom. The number of nitrogens with zero attached hydrogens (tertiary/aromatic N) is 5. The Labute approximate surface area is 131 Å². The number of rotatable bonds is 4. The van der Waals surface area contributed by atoms with Crippen LogP contribution in [0.25, 0.3) is 11.3 Å². The summed E-state index contributed by atoms with van der Waals surface area (Å²) in [5.74, 6) is -0.173. The molecule has 3 heterocycles. The first-order chi connectivity index (χ1) is 10.6. The van der Waals surface area contributed by atoms with E-state index in [-0.39, 0.29) is 5.91 Å². The third kappa shape index (κ3) is 2.86. The highest BCUT2D eigenvalue weighted by atomic mass is 32.1. The van der Waals surface area contributed by atoms with E-state index in [1.54, 1.807) is 24.0 Å². The van der Waals surface area contributed by atoms with Crippen molar-refractivity contribution in [3.05, 3.63) is 46.9 Å². The van der Waals surface area contributed by atoms with E-state index in [1.165, 1.54) is 0 Å². The van der Waals surface area contributed by atoms with E-state index >= 15 is 0 Å². The Bertz CT molecular complexity index is 809. The van der Waals surface area contributed by atoms with Crippen LogP contribution in [0.15, 0.2) is 30.7 Å². The first kappa shape index (κ1) is 14.3. The highest BCUT2D eigenvalue weighted by Gasteiger charge is 2.14. The molecule has 0 aromatic carbocycles. The molecule has 1 amide bonds. The molecule has 8 heteroatoms. The van der Waals surface area contributed by atoms with E-state index in [2.05, 4.69) is 25.0 Å². The van der Waals surface area contributed by atoms with Crippen molar-refractivity contribution in [1.29, 1.82) is 0 Å². The van der Waals surface area contributed by atoms with Gasteiger partial charge in [-0.15, -0.1) is 5.10 Å². The number of carbonyl (C=O) groups excluding carboxylic acids is 1. The SMILES string of the molecule is Cc1nnsc1C(=O)NCc1cccnc1-c1cnn(C)c1. The number of amides is 1. The molecule has 0 radical (unpaired) electrons. The number of aromatic nitrogens is 5. The van der Waals surface area contributed by atoms with Crippen LogP contribution in [-0.4, -0.2) is 30.3 Å². The van der Waals surface area contributed by atoms with E-state index in [0.29, 0.717) is 17.1 Å². The van der Waals surface area contributed by atoms with Gasteiger partial charge in [-0.2, -0.15) is 5.10 Å². The maximum absolute atomic E-state index is 12.1. The summed E-state index contributed by atoms with van der Waals surface area (Å²) in [5.41, 5.74) is 3.30. The van der Waals surface area contributed by atoms with Crippen molar-refractivity contribution in [3.8, 4) is 11.3 Å². The molecule has 112 valence electrons. The molecule has 3 aromatic rings. The maximum atomic E-state index is 12.1. The predicted octanol–water partition coefficient (Wildman–Crippen LogP) is 1.57. The molecule has 0 bridgehead atoms. The first-order valence-electron chi connectivity index (χ1n) is 6.65. The minimum absolute atomic E-state index is 0.173. The lowest BCUT2D eigenvalue weighted by Gasteiger charge is -2.08. The largest absolute Gasteiger partial charge is 0.347 e. The minimum atomic E-state index is -0.173. The quantitative estimate of drug-likeness (QED) is 0.790. The molecule has 0 fully saturated rings. The van der Waals surface area contributed by atoms with Gasteiger partial charge in [-0.3, -0.25) is 14.5 Å². The third-order valence-corrected chi connectivity index (χ3v) is 3.99. The van der Waals surface area contributed by atoms with Gasteiger partial charge in [0.25, 0.3) is 5.91 Å². The maximum Gasteiger partial charge on any atom is 0.265 e. The molecule has 0 aliphatic carbocycles. The number of hydrogen-bond acceptors (Lipinski definition) is 6. The van der Waals surface area contributed by atoms with Crippen LogP contribution in [0, 0.1) is 6.92 Å².